The zero-order valence-electron chi connectivity index (χ0n) is 6.87. The van der Waals surface area contributed by atoms with E-state index in [1.807, 2.05) is 0 Å². The van der Waals surface area contributed by atoms with E-state index < -0.39 is 6.09 Å². The van der Waals surface area contributed by atoms with E-state index >= 15 is 0 Å². The fraction of sp³-hybridized carbons (Fsp3) is 0.875. The van der Waals surface area contributed by atoms with Crippen molar-refractivity contribution in [3.8, 4) is 0 Å². The van der Waals surface area contributed by atoms with Gasteiger partial charge in [-0.2, -0.15) is 0 Å². The fourth-order valence-electron chi connectivity index (χ4n) is 2.29. The number of amides is 1. The second kappa shape index (κ2) is 1.71. The number of carboxylic acid groups (broad SMARTS) is 1. The molecule has 1 amide bonds. The number of hydrogen-bond donors (Lipinski definition) is 1. The van der Waals surface area contributed by atoms with Gasteiger partial charge in [-0.05, 0) is 17.3 Å². The molecule has 1 saturated heterocycles. The molecule has 0 spiro atoms. The third-order valence-corrected chi connectivity index (χ3v) is 3.39. The highest BCUT2D eigenvalue weighted by molar-refractivity contribution is 5.65. The van der Waals surface area contributed by atoms with Crippen molar-refractivity contribution >= 4 is 6.09 Å². The predicted molar refractivity (Wildman–Crippen MR) is 40.4 cm³/mol. The number of likely N-dealkylation sites (tertiary alicyclic amines) is 1. The van der Waals surface area contributed by atoms with Gasteiger partial charge in [0, 0.05) is 13.1 Å². The minimum atomic E-state index is -0.756. The molecule has 3 heteroatoms. The summed E-state index contributed by atoms with van der Waals surface area (Å²) >= 11 is 0. The average Bonchev–Trinajstić information content (AvgIpc) is 2.28. The minimum absolute atomic E-state index is 0.423. The van der Waals surface area contributed by atoms with Gasteiger partial charge in [0.05, 0.1) is 0 Å². The summed E-state index contributed by atoms with van der Waals surface area (Å²) in [5.41, 5.74) is 0.423. The SMILES string of the molecule is CC1(C)C2CN(C(=O)O)CC21. The van der Waals surface area contributed by atoms with Gasteiger partial charge < -0.3 is 10.0 Å². The Morgan fingerprint density at radius 1 is 1.45 bits per heavy atom. The molecule has 2 fully saturated rings. The molecule has 0 aromatic rings. The van der Waals surface area contributed by atoms with Crippen molar-refractivity contribution in [3.05, 3.63) is 0 Å². The molecule has 1 heterocycles. The normalized spacial score (nSPS) is 38.5. The second-order valence-electron chi connectivity index (χ2n) is 4.22. The Morgan fingerprint density at radius 3 is 2.27 bits per heavy atom. The lowest BCUT2D eigenvalue weighted by molar-refractivity contribution is 0.145. The molecule has 1 aliphatic heterocycles. The van der Waals surface area contributed by atoms with E-state index in [1.54, 1.807) is 0 Å². The molecule has 1 aliphatic carbocycles. The van der Waals surface area contributed by atoms with Crippen LogP contribution >= 0.6 is 0 Å². The highest BCUT2D eigenvalue weighted by Gasteiger charge is 2.62. The summed E-state index contributed by atoms with van der Waals surface area (Å²) in [4.78, 5) is 12.0. The third kappa shape index (κ3) is 0.767. The van der Waals surface area contributed by atoms with Crippen molar-refractivity contribution in [2.45, 2.75) is 13.8 Å². The molecule has 0 aromatic heterocycles. The highest BCUT2D eigenvalue weighted by Crippen LogP contribution is 2.61. The summed E-state index contributed by atoms with van der Waals surface area (Å²) in [5.74, 6) is 1.28. The van der Waals surface area contributed by atoms with E-state index in [0.717, 1.165) is 13.1 Å². The van der Waals surface area contributed by atoms with Crippen LogP contribution in [0.1, 0.15) is 13.8 Å². The average molecular weight is 155 g/mol. The largest absolute Gasteiger partial charge is 0.465 e. The molecule has 1 N–H and O–H groups in total. The monoisotopic (exact) mass is 155 g/mol. The standard InChI is InChI=1S/C8H13NO2/c1-8(2)5-3-9(7(10)11)4-6(5)8/h5-6H,3-4H2,1-2H3,(H,10,11). The van der Waals surface area contributed by atoms with Gasteiger partial charge in [-0.15, -0.1) is 0 Å². The molecular formula is C8H13NO2. The van der Waals surface area contributed by atoms with Gasteiger partial charge in [-0.3, -0.25) is 0 Å². The summed E-state index contributed by atoms with van der Waals surface area (Å²) in [6.45, 7) is 5.96. The van der Waals surface area contributed by atoms with E-state index in [0.29, 0.717) is 17.3 Å². The maximum absolute atomic E-state index is 10.5. The van der Waals surface area contributed by atoms with Gasteiger partial charge in [-0.1, -0.05) is 13.8 Å². The second-order valence-corrected chi connectivity index (χ2v) is 4.22. The zero-order valence-corrected chi connectivity index (χ0v) is 6.87. The van der Waals surface area contributed by atoms with Crippen LogP contribution < -0.4 is 0 Å². The highest BCUT2D eigenvalue weighted by atomic mass is 16.4. The molecular weight excluding hydrogens is 142 g/mol. The molecule has 0 radical (unpaired) electrons. The van der Waals surface area contributed by atoms with Crippen molar-refractivity contribution in [2.75, 3.05) is 13.1 Å². The summed E-state index contributed by atoms with van der Waals surface area (Å²) in [7, 11) is 0. The molecule has 2 atom stereocenters. The third-order valence-electron chi connectivity index (χ3n) is 3.39. The van der Waals surface area contributed by atoms with Gasteiger partial charge in [0.15, 0.2) is 0 Å². The Kier molecular flexibility index (Phi) is 1.08. The quantitative estimate of drug-likeness (QED) is 0.572. The number of nitrogens with zero attached hydrogens (tertiary/aromatic N) is 1. The van der Waals surface area contributed by atoms with Crippen molar-refractivity contribution in [1.82, 2.24) is 4.90 Å². The Hall–Kier alpha value is -0.730. The number of rotatable bonds is 0. The first kappa shape index (κ1) is 6.95. The number of piperidine rings is 1. The van der Waals surface area contributed by atoms with Crippen LogP contribution in [0.25, 0.3) is 0 Å². The first-order valence-corrected chi connectivity index (χ1v) is 4.01. The van der Waals surface area contributed by atoms with Crippen LogP contribution in [0.2, 0.25) is 0 Å². The van der Waals surface area contributed by atoms with E-state index in [2.05, 4.69) is 13.8 Å². The molecule has 2 aliphatic rings. The molecule has 11 heavy (non-hydrogen) atoms. The van der Waals surface area contributed by atoms with Crippen LogP contribution in [0.15, 0.2) is 0 Å². The topological polar surface area (TPSA) is 40.5 Å². The Balaban J connectivity index is 2.00. The fourth-order valence-corrected chi connectivity index (χ4v) is 2.29. The maximum atomic E-state index is 10.5. The van der Waals surface area contributed by atoms with Gasteiger partial charge in [-0.25, -0.2) is 4.79 Å². The lowest BCUT2D eigenvalue weighted by atomic mass is 10.1. The van der Waals surface area contributed by atoms with Gasteiger partial charge in [0.1, 0.15) is 0 Å². The van der Waals surface area contributed by atoms with Crippen LogP contribution in [-0.4, -0.2) is 29.2 Å². The smallest absolute Gasteiger partial charge is 0.407 e. The lowest BCUT2D eigenvalue weighted by Gasteiger charge is -2.18. The minimum Gasteiger partial charge on any atom is -0.465 e. The summed E-state index contributed by atoms with van der Waals surface area (Å²) in [6.07, 6.45) is -0.756. The zero-order chi connectivity index (χ0) is 8.22. The number of fused-ring (bicyclic) bond motifs is 1. The molecule has 0 bridgehead atoms. The Morgan fingerprint density at radius 2 is 1.91 bits per heavy atom. The van der Waals surface area contributed by atoms with Crippen molar-refractivity contribution in [2.24, 2.45) is 17.3 Å². The van der Waals surface area contributed by atoms with E-state index in [4.69, 9.17) is 5.11 Å². The summed E-state index contributed by atoms with van der Waals surface area (Å²) < 4.78 is 0. The molecule has 2 unspecified atom stereocenters. The van der Waals surface area contributed by atoms with E-state index in [1.165, 1.54) is 4.90 Å². The molecule has 62 valence electrons. The van der Waals surface area contributed by atoms with Crippen LogP contribution in [0.3, 0.4) is 0 Å². The van der Waals surface area contributed by atoms with E-state index in [-0.39, 0.29) is 0 Å². The Bertz CT molecular complexity index is 198. The summed E-state index contributed by atoms with van der Waals surface area (Å²) in [6, 6.07) is 0. The van der Waals surface area contributed by atoms with Crippen molar-refractivity contribution < 1.29 is 9.90 Å². The molecule has 0 aromatic carbocycles. The summed E-state index contributed by atoms with van der Waals surface area (Å²) in [5, 5.41) is 8.65. The molecule has 3 nitrogen and oxygen atoms in total. The van der Waals surface area contributed by atoms with Crippen LogP contribution in [0, 0.1) is 17.3 Å². The first-order chi connectivity index (χ1) is 5.03. The van der Waals surface area contributed by atoms with Gasteiger partial charge in [0.2, 0.25) is 0 Å². The van der Waals surface area contributed by atoms with Crippen LogP contribution in [0.5, 0.6) is 0 Å². The van der Waals surface area contributed by atoms with Crippen molar-refractivity contribution in [1.29, 1.82) is 0 Å². The lowest BCUT2D eigenvalue weighted by Crippen LogP contribution is -2.31. The van der Waals surface area contributed by atoms with E-state index in [9.17, 15) is 4.79 Å². The van der Waals surface area contributed by atoms with Crippen LogP contribution in [0.4, 0.5) is 4.79 Å². The molecule has 2 rings (SSSR count). The van der Waals surface area contributed by atoms with Gasteiger partial charge in [0.25, 0.3) is 0 Å². The van der Waals surface area contributed by atoms with Gasteiger partial charge >= 0.3 is 6.09 Å². The number of carbonyl (C=O) groups is 1. The Labute approximate surface area is 66.0 Å². The number of hydrogen-bond acceptors (Lipinski definition) is 1. The predicted octanol–water partition coefficient (Wildman–Crippen LogP) is 1.25. The van der Waals surface area contributed by atoms with Crippen molar-refractivity contribution in [3.63, 3.8) is 0 Å². The maximum Gasteiger partial charge on any atom is 0.407 e. The first-order valence-electron chi connectivity index (χ1n) is 4.01. The molecule has 1 saturated carbocycles. The van der Waals surface area contributed by atoms with Crippen LogP contribution in [-0.2, 0) is 0 Å².